The molecule has 1 atom stereocenters. The zero-order chi connectivity index (χ0) is 27.6. The summed E-state index contributed by atoms with van der Waals surface area (Å²) < 4.78 is 0. The maximum Gasteiger partial charge on any atom is 0.303 e. The average Bonchev–Trinajstić information content (AvgIpc) is 2.86. The molecule has 0 saturated heterocycles. The summed E-state index contributed by atoms with van der Waals surface area (Å²) in [4.78, 5) is 37.9. The second kappa shape index (κ2) is 26.0. The molecule has 0 radical (unpaired) electrons. The standard InChI is InChI=1S/C31H60N2O4/c1-4-6-8-10-12-14-16-18-20-22-26-33(27-23-21-19-17-15-13-11-9-7-5-2)31(37)29(32-28(3)34)24-25-30(35)36/h29H,4-27H2,1-3H3,(H,32,34)(H,35,36)/t29-/m0/s1. The van der Waals surface area contributed by atoms with Crippen molar-refractivity contribution in [2.24, 2.45) is 0 Å². The quantitative estimate of drug-likeness (QED) is 0.106. The summed E-state index contributed by atoms with van der Waals surface area (Å²) in [5.41, 5.74) is 0. The molecule has 0 aliphatic heterocycles. The van der Waals surface area contributed by atoms with E-state index in [-0.39, 0.29) is 24.7 Å². The van der Waals surface area contributed by atoms with E-state index < -0.39 is 12.0 Å². The smallest absolute Gasteiger partial charge is 0.303 e. The fraction of sp³-hybridized carbons (Fsp3) is 0.903. The topological polar surface area (TPSA) is 86.7 Å². The number of carbonyl (C=O) groups excluding carboxylic acids is 2. The molecular formula is C31H60N2O4. The highest BCUT2D eigenvalue weighted by Crippen LogP contribution is 2.14. The van der Waals surface area contributed by atoms with E-state index in [0.29, 0.717) is 13.1 Å². The Kier molecular flexibility index (Phi) is 24.9. The van der Waals surface area contributed by atoms with Gasteiger partial charge in [-0.25, -0.2) is 0 Å². The van der Waals surface area contributed by atoms with E-state index in [0.717, 1.165) is 25.7 Å². The summed E-state index contributed by atoms with van der Waals surface area (Å²) in [6.07, 6.45) is 24.9. The molecule has 6 nitrogen and oxygen atoms in total. The number of carbonyl (C=O) groups is 3. The molecule has 6 heteroatoms. The van der Waals surface area contributed by atoms with Gasteiger partial charge in [0.25, 0.3) is 0 Å². The number of hydrogen-bond donors (Lipinski definition) is 2. The van der Waals surface area contributed by atoms with Gasteiger partial charge in [-0.2, -0.15) is 0 Å². The van der Waals surface area contributed by atoms with Crippen LogP contribution in [0.15, 0.2) is 0 Å². The normalized spacial score (nSPS) is 11.9. The van der Waals surface area contributed by atoms with E-state index in [9.17, 15) is 14.4 Å². The lowest BCUT2D eigenvalue weighted by molar-refractivity contribution is -0.139. The molecule has 0 aromatic rings. The predicted molar refractivity (Wildman–Crippen MR) is 155 cm³/mol. The Morgan fingerprint density at radius 2 is 0.973 bits per heavy atom. The van der Waals surface area contributed by atoms with Crippen molar-refractivity contribution in [2.75, 3.05) is 13.1 Å². The molecule has 0 aromatic heterocycles. The fourth-order valence-electron chi connectivity index (χ4n) is 4.90. The highest BCUT2D eigenvalue weighted by Gasteiger charge is 2.25. The van der Waals surface area contributed by atoms with E-state index in [1.54, 1.807) is 0 Å². The van der Waals surface area contributed by atoms with Crippen LogP contribution in [0.2, 0.25) is 0 Å². The van der Waals surface area contributed by atoms with Crippen LogP contribution in [0, 0.1) is 0 Å². The first kappa shape index (κ1) is 35.4. The second-order valence-electron chi connectivity index (χ2n) is 10.9. The number of carboxylic acids is 1. The largest absolute Gasteiger partial charge is 0.481 e. The first-order valence-corrected chi connectivity index (χ1v) is 15.7. The van der Waals surface area contributed by atoms with Gasteiger partial charge in [0, 0.05) is 26.4 Å². The van der Waals surface area contributed by atoms with E-state index >= 15 is 0 Å². The van der Waals surface area contributed by atoms with E-state index in [2.05, 4.69) is 19.2 Å². The second-order valence-corrected chi connectivity index (χ2v) is 10.9. The minimum atomic E-state index is -0.945. The van der Waals surface area contributed by atoms with Crippen molar-refractivity contribution in [2.45, 2.75) is 168 Å². The third kappa shape index (κ3) is 23.3. The van der Waals surface area contributed by atoms with Gasteiger partial charge in [0.1, 0.15) is 6.04 Å². The highest BCUT2D eigenvalue weighted by atomic mass is 16.4. The lowest BCUT2D eigenvalue weighted by atomic mass is 10.0. The average molecular weight is 525 g/mol. The molecule has 2 amide bonds. The number of unbranched alkanes of at least 4 members (excludes halogenated alkanes) is 18. The Labute approximate surface area is 228 Å². The van der Waals surface area contributed by atoms with E-state index in [4.69, 9.17) is 5.11 Å². The van der Waals surface area contributed by atoms with Gasteiger partial charge in [0.2, 0.25) is 11.8 Å². The minimum Gasteiger partial charge on any atom is -0.481 e. The van der Waals surface area contributed by atoms with Gasteiger partial charge < -0.3 is 15.3 Å². The zero-order valence-corrected chi connectivity index (χ0v) is 24.7. The monoisotopic (exact) mass is 524 g/mol. The first-order chi connectivity index (χ1) is 17.9. The van der Waals surface area contributed by atoms with Crippen molar-refractivity contribution in [3.05, 3.63) is 0 Å². The lowest BCUT2D eigenvalue weighted by Gasteiger charge is -2.28. The minimum absolute atomic E-state index is 0.122. The van der Waals surface area contributed by atoms with Crippen molar-refractivity contribution < 1.29 is 19.5 Å². The van der Waals surface area contributed by atoms with Crippen LogP contribution in [0.1, 0.15) is 162 Å². The van der Waals surface area contributed by atoms with Crippen molar-refractivity contribution >= 4 is 17.8 Å². The molecule has 2 N–H and O–H groups in total. The fourth-order valence-corrected chi connectivity index (χ4v) is 4.90. The Balaban J connectivity index is 4.52. The van der Waals surface area contributed by atoms with Crippen LogP contribution in [0.3, 0.4) is 0 Å². The molecule has 0 bridgehead atoms. The molecule has 0 aliphatic carbocycles. The van der Waals surface area contributed by atoms with Gasteiger partial charge in [-0.1, -0.05) is 129 Å². The zero-order valence-electron chi connectivity index (χ0n) is 24.7. The molecule has 218 valence electrons. The van der Waals surface area contributed by atoms with Crippen molar-refractivity contribution in [3.63, 3.8) is 0 Å². The number of aliphatic carboxylic acids is 1. The number of amides is 2. The van der Waals surface area contributed by atoms with Gasteiger partial charge in [0.05, 0.1) is 0 Å². The summed E-state index contributed by atoms with van der Waals surface area (Å²) in [6.45, 7) is 7.26. The van der Waals surface area contributed by atoms with Gasteiger partial charge in [0.15, 0.2) is 0 Å². The molecule has 37 heavy (non-hydrogen) atoms. The maximum atomic E-state index is 13.3. The molecule has 0 heterocycles. The lowest BCUT2D eigenvalue weighted by Crippen LogP contribution is -2.48. The predicted octanol–water partition coefficient (Wildman–Crippen LogP) is 8.03. The third-order valence-corrected chi connectivity index (χ3v) is 7.20. The Hall–Kier alpha value is -1.59. The molecular weight excluding hydrogens is 464 g/mol. The van der Waals surface area contributed by atoms with Gasteiger partial charge >= 0.3 is 5.97 Å². The molecule has 0 rings (SSSR count). The van der Waals surface area contributed by atoms with Crippen molar-refractivity contribution in [1.82, 2.24) is 10.2 Å². The SMILES string of the molecule is CCCCCCCCCCCCN(CCCCCCCCCCCC)C(=O)[C@H](CCC(=O)O)NC(C)=O. The maximum absolute atomic E-state index is 13.3. The molecule has 0 fully saturated rings. The van der Waals surface area contributed by atoms with Gasteiger partial charge in [-0.05, 0) is 19.3 Å². The molecule has 0 aromatic carbocycles. The molecule has 0 aliphatic rings. The Bertz CT molecular complexity index is 543. The summed E-state index contributed by atoms with van der Waals surface area (Å²) in [6, 6.07) is -0.750. The summed E-state index contributed by atoms with van der Waals surface area (Å²) >= 11 is 0. The van der Waals surface area contributed by atoms with E-state index in [1.165, 1.54) is 110 Å². The molecule has 0 spiro atoms. The summed E-state index contributed by atoms with van der Waals surface area (Å²) in [7, 11) is 0. The molecule has 0 unspecified atom stereocenters. The Morgan fingerprint density at radius 1 is 0.622 bits per heavy atom. The first-order valence-electron chi connectivity index (χ1n) is 15.7. The molecule has 0 saturated carbocycles. The van der Waals surface area contributed by atoms with Crippen LogP contribution in [0.4, 0.5) is 0 Å². The van der Waals surface area contributed by atoms with Crippen LogP contribution in [-0.4, -0.2) is 46.9 Å². The van der Waals surface area contributed by atoms with Crippen molar-refractivity contribution in [3.8, 4) is 0 Å². The van der Waals surface area contributed by atoms with Gasteiger partial charge in [-0.3, -0.25) is 14.4 Å². The Morgan fingerprint density at radius 3 is 1.30 bits per heavy atom. The summed E-state index contributed by atoms with van der Waals surface area (Å²) in [5.74, 6) is -1.36. The number of hydrogen-bond acceptors (Lipinski definition) is 3. The van der Waals surface area contributed by atoms with Crippen LogP contribution < -0.4 is 5.32 Å². The van der Waals surface area contributed by atoms with Crippen LogP contribution in [-0.2, 0) is 14.4 Å². The number of nitrogens with zero attached hydrogens (tertiary/aromatic N) is 1. The van der Waals surface area contributed by atoms with Crippen LogP contribution in [0.25, 0.3) is 0 Å². The number of rotatable bonds is 27. The van der Waals surface area contributed by atoms with Crippen LogP contribution >= 0.6 is 0 Å². The third-order valence-electron chi connectivity index (χ3n) is 7.20. The van der Waals surface area contributed by atoms with Crippen LogP contribution in [0.5, 0.6) is 0 Å². The van der Waals surface area contributed by atoms with E-state index in [1.807, 2.05) is 4.90 Å². The van der Waals surface area contributed by atoms with Crippen molar-refractivity contribution in [1.29, 1.82) is 0 Å². The number of carboxylic acid groups (broad SMARTS) is 1. The summed E-state index contributed by atoms with van der Waals surface area (Å²) in [5, 5.41) is 11.8. The highest BCUT2D eigenvalue weighted by molar-refractivity contribution is 5.87. The number of nitrogens with one attached hydrogen (secondary N) is 1. The van der Waals surface area contributed by atoms with Gasteiger partial charge in [-0.15, -0.1) is 0 Å².